The molecule has 4 rings (SSSR count). The van der Waals surface area contributed by atoms with Gasteiger partial charge in [0.1, 0.15) is 0 Å². The van der Waals surface area contributed by atoms with Crippen LogP contribution in [0, 0.1) is 0 Å². The van der Waals surface area contributed by atoms with Crippen LogP contribution in [0.25, 0.3) is 21.5 Å². The number of aromatic nitrogens is 1. The third-order valence-electron chi connectivity index (χ3n) is 4.30. The number of carbonyl (C=O) groups is 2. The van der Waals surface area contributed by atoms with E-state index in [0.717, 1.165) is 21.5 Å². The van der Waals surface area contributed by atoms with Crippen LogP contribution in [-0.2, 0) is 4.74 Å². The Balaban J connectivity index is 1.69. The van der Waals surface area contributed by atoms with Gasteiger partial charge in [0.05, 0.1) is 34.3 Å². The zero-order chi connectivity index (χ0) is 19.5. The molecule has 0 saturated carbocycles. The van der Waals surface area contributed by atoms with Gasteiger partial charge in [0, 0.05) is 11.1 Å². The molecule has 6 heteroatoms. The van der Waals surface area contributed by atoms with E-state index in [1.807, 2.05) is 47.8 Å². The fourth-order valence-electron chi connectivity index (χ4n) is 2.92. The summed E-state index contributed by atoms with van der Waals surface area (Å²) in [4.78, 5) is 30.2. The number of methoxy groups -OCH3 is 1. The van der Waals surface area contributed by atoms with E-state index >= 15 is 0 Å². The number of benzene rings is 2. The summed E-state index contributed by atoms with van der Waals surface area (Å²) in [5.41, 5.74) is 3.09. The Morgan fingerprint density at radius 3 is 2.50 bits per heavy atom. The van der Waals surface area contributed by atoms with Gasteiger partial charge in [0.25, 0.3) is 5.91 Å². The van der Waals surface area contributed by atoms with Crippen LogP contribution < -0.4 is 5.32 Å². The van der Waals surface area contributed by atoms with E-state index in [1.165, 1.54) is 7.11 Å². The smallest absolute Gasteiger partial charge is 0.337 e. The Morgan fingerprint density at radius 2 is 1.79 bits per heavy atom. The predicted octanol–water partition coefficient (Wildman–Crippen LogP) is 5.00. The molecule has 0 unspecified atom stereocenters. The van der Waals surface area contributed by atoms with Crippen molar-refractivity contribution in [3.05, 3.63) is 83.2 Å². The number of pyridine rings is 1. The molecule has 4 aromatic rings. The third-order valence-corrected chi connectivity index (χ3v) is 5.19. The molecule has 0 spiro atoms. The van der Waals surface area contributed by atoms with Crippen LogP contribution in [0.5, 0.6) is 0 Å². The monoisotopic (exact) mass is 388 g/mol. The summed E-state index contributed by atoms with van der Waals surface area (Å²) < 4.78 is 4.69. The maximum absolute atomic E-state index is 13.0. The van der Waals surface area contributed by atoms with Gasteiger partial charge in [-0.1, -0.05) is 24.3 Å². The maximum Gasteiger partial charge on any atom is 0.337 e. The predicted molar refractivity (Wildman–Crippen MR) is 111 cm³/mol. The number of esters is 1. The van der Waals surface area contributed by atoms with Crippen LogP contribution in [-0.4, -0.2) is 24.0 Å². The minimum Gasteiger partial charge on any atom is -0.465 e. The van der Waals surface area contributed by atoms with Gasteiger partial charge >= 0.3 is 5.97 Å². The summed E-state index contributed by atoms with van der Waals surface area (Å²) in [5, 5.41) is 5.66. The minimum atomic E-state index is -0.418. The number of nitrogens with one attached hydrogen (secondary N) is 1. The maximum atomic E-state index is 13.0. The molecular formula is C22H16N2O3S. The van der Waals surface area contributed by atoms with Crippen LogP contribution >= 0.6 is 11.3 Å². The summed E-state index contributed by atoms with van der Waals surface area (Å²) >= 11 is 1.58. The van der Waals surface area contributed by atoms with Crippen molar-refractivity contribution in [3.63, 3.8) is 0 Å². The number of rotatable bonds is 4. The largest absolute Gasteiger partial charge is 0.465 e. The Hall–Kier alpha value is -3.51. The standard InChI is InChI=1S/C22H16N2O3S/c1-27-22(26)14-8-10-15(11-9-14)23-21(25)17-13-19(20-7-4-12-28-20)24-18-6-3-2-5-16(17)18/h2-13H,1H3,(H,23,25). The summed E-state index contributed by atoms with van der Waals surface area (Å²) in [6.45, 7) is 0. The van der Waals surface area contributed by atoms with Gasteiger partial charge in [-0.25, -0.2) is 9.78 Å². The number of para-hydroxylation sites is 1. The molecule has 2 aromatic heterocycles. The van der Waals surface area contributed by atoms with Crippen molar-refractivity contribution < 1.29 is 14.3 Å². The molecule has 0 aliphatic carbocycles. The van der Waals surface area contributed by atoms with Crippen LogP contribution in [0.15, 0.2) is 72.1 Å². The highest BCUT2D eigenvalue weighted by Gasteiger charge is 2.15. The lowest BCUT2D eigenvalue weighted by molar-refractivity contribution is 0.0600. The van der Waals surface area contributed by atoms with Gasteiger partial charge in [0.2, 0.25) is 0 Å². The third kappa shape index (κ3) is 3.50. The zero-order valence-corrected chi connectivity index (χ0v) is 15.8. The zero-order valence-electron chi connectivity index (χ0n) is 15.0. The van der Waals surface area contributed by atoms with Crippen molar-refractivity contribution in [1.29, 1.82) is 0 Å². The highest BCUT2D eigenvalue weighted by Crippen LogP contribution is 2.28. The van der Waals surface area contributed by atoms with Crippen molar-refractivity contribution in [2.75, 3.05) is 12.4 Å². The van der Waals surface area contributed by atoms with E-state index in [-0.39, 0.29) is 5.91 Å². The number of anilines is 1. The SMILES string of the molecule is COC(=O)c1ccc(NC(=O)c2cc(-c3cccs3)nc3ccccc23)cc1. The van der Waals surface area contributed by atoms with E-state index in [9.17, 15) is 9.59 Å². The quantitative estimate of drug-likeness (QED) is 0.500. The first-order chi connectivity index (χ1) is 13.7. The second-order valence-corrected chi connectivity index (χ2v) is 7.02. The molecule has 2 aromatic carbocycles. The molecular weight excluding hydrogens is 372 g/mol. The van der Waals surface area contributed by atoms with Gasteiger partial charge in [-0.2, -0.15) is 0 Å². The first-order valence-corrected chi connectivity index (χ1v) is 9.47. The molecule has 0 aliphatic rings. The number of hydrogen-bond acceptors (Lipinski definition) is 5. The molecule has 1 N–H and O–H groups in total. The summed E-state index contributed by atoms with van der Waals surface area (Å²) in [6.07, 6.45) is 0. The van der Waals surface area contributed by atoms with Gasteiger partial charge < -0.3 is 10.1 Å². The van der Waals surface area contributed by atoms with Crippen LogP contribution in [0.2, 0.25) is 0 Å². The second kappa shape index (κ2) is 7.62. The molecule has 28 heavy (non-hydrogen) atoms. The van der Waals surface area contributed by atoms with E-state index < -0.39 is 5.97 Å². The minimum absolute atomic E-state index is 0.234. The molecule has 0 bridgehead atoms. The van der Waals surface area contributed by atoms with Crippen molar-refractivity contribution in [3.8, 4) is 10.6 Å². The Labute approximate surface area is 165 Å². The fraction of sp³-hybridized carbons (Fsp3) is 0.0455. The lowest BCUT2D eigenvalue weighted by Crippen LogP contribution is -2.13. The summed E-state index contributed by atoms with van der Waals surface area (Å²) in [7, 11) is 1.33. The highest BCUT2D eigenvalue weighted by molar-refractivity contribution is 7.13. The molecule has 0 radical (unpaired) electrons. The van der Waals surface area contributed by atoms with Gasteiger partial charge in [-0.05, 0) is 47.8 Å². The summed E-state index contributed by atoms with van der Waals surface area (Å²) in [6, 6.07) is 19.9. The fourth-order valence-corrected chi connectivity index (χ4v) is 3.61. The molecule has 0 fully saturated rings. The number of fused-ring (bicyclic) bond motifs is 1. The topological polar surface area (TPSA) is 68.3 Å². The first kappa shape index (κ1) is 17.9. The number of ether oxygens (including phenoxy) is 1. The van der Waals surface area contributed by atoms with Crippen molar-refractivity contribution >= 4 is 39.8 Å². The van der Waals surface area contributed by atoms with Crippen LogP contribution in [0.3, 0.4) is 0 Å². The second-order valence-electron chi connectivity index (χ2n) is 6.07. The van der Waals surface area contributed by atoms with Crippen molar-refractivity contribution in [2.24, 2.45) is 0 Å². The number of hydrogen-bond donors (Lipinski definition) is 1. The number of carbonyl (C=O) groups excluding carboxylic acids is 2. The van der Waals surface area contributed by atoms with E-state index in [0.29, 0.717) is 16.8 Å². The molecule has 2 heterocycles. The number of thiophene rings is 1. The molecule has 0 aliphatic heterocycles. The summed E-state index contributed by atoms with van der Waals surface area (Å²) in [5.74, 6) is -0.652. The van der Waals surface area contributed by atoms with E-state index in [2.05, 4.69) is 10.3 Å². The van der Waals surface area contributed by atoms with Crippen LogP contribution in [0.1, 0.15) is 20.7 Å². The van der Waals surface area contributed by atoms with Gasteiger partial charge in [0.15, 0.2) is 0 Å². The molecule has 1 amide bonds. The van der Waals surface area contributed by atoms with Crippen molar-refractivity contribution in [2.45, 2.75) is 0 Å². The molecule has 5 nitrogen and oxygen atoms in total. The molecule has 0 saturated heterocycles. The van der Waals surface area contributed by atoms with Gasteiger partial charge in [-0.3, -0.25) is 4.79 Å². The average molecular weight is 388 g/mol. The number of nitrogens with zero attached hydrogens (tertiary/aromatic N) is 1. The normalized spacial score (nSPS) is 10.6. The van der Waals surface area contributed by atoms with Crippen molar-refractivity contribution in [1.82, 2.24) is 4.98 Å². The van der Waals surface area contributed by atoms with Gasteiger partial charge in [-0.15, -0.1) is 11.3 Å². The van der Waals surface area contributed by atoms with Crippen LogP contribution in [0.4, 0.5) is 5.69 Å². The van der Waals surface area contributed by atoms with E-state index in [1.54, 1.807) is 35.6 Å². The Kier molecular flexibility index (Phi) is 4.87. The number of amides is 1. The molecule has 0 atom stereocenters. The lowest BCUT2D eigenvalue weighted by Gasteiger charge is -2.10. The Bertz CT molecular complexity index is 1150. The lowest BCUT2D eigenvalue weighted by atomic mass is 10.1. The Morgan fingerprint density at radius 1 is 1.00 bits per heavy atom. The average Bonchev–Trinajstić information content (AvgIpc) is 3.28. The highest BCUT2D eigenvalue weighted by atomic mass is 32.1. The first-order valence-electron chi connectivity index (χ1n) is 8.59. The van der Waals surface area contributed by atoms with E-state index in [4.69, 9.17) is 4.74 Å². The molecule has 138 valence electrons.